The van der Waals surface area contributed by atoms with Gasteiger partial charge >= 0.3 is 5.97 Å². The van der Waals surface area contributed by atoms with Gasteiger partial charge in [0.2, 0.25) is 0 Å². The second-order valence-electron chi connectivity index (χ2n) is 3.63. The van der Waals surface area contributed by atoms with Crippen molar-refractivity contribution in [3.8, 4) is 5.75 Å². The molecule has 1 saturated heterocycles. The fourth-order valence-corrected chi connectivity index (χ4v) is 1.88. The van der Waals surface area contributed by atoms with Gasteiger partial charge in [0.15, 0.2) is 11.4 Å². The largest absolute Gasteiger partial charge is 0.504 e. The van der Waals surface area contributed by atoms with Gasteiger partial charge in [-0.2, -0.15) is 5.10 Å². The summed E-state index contributed by atoms with van der Waals surface area (Å²) in [5, 5.41) is 25.4. The van der Waals surface area contributed by atoms with Crippen molar-refractivity contribution in [2.75, 3.05) is 13.1 Å². The van der Waals surface area contributed by atoms with Gasteiger partial charge in [0.05, 0.1) is 12.2 Å². The Morgan fingerprint density at radius 2 is 2.47 bits per heavy atom. The van der Waals surface area contributed by atoms with Crippen LogP contribution < -0.4 is 5.32 Å². The van der Waals surface area contributed by atoms with Gasteiger partial charge in [-0.15, -0.1) is 0 Å². The molecular weight excluding hydrogens is 198 g/mol. The van der Waals surface area contributed by atoms with Gasteiger partial charge in [0.25, 0.3) is 0 Å². The standard InChI is InChI=1S/C9H13N3O3/c13-7-5-11-12(8(7)9(14)15)6-2-1-3-10-4-6/h5-6,10,13H,1-4H2,(H,14,15). The van der Waals surface area contributed by atoms with Crippen LogP contribution in [0.15, 0.2) is 6.20 Å². The Kier molecular flexibility index (Phi) is 2.59. The number of hydrogen-bond acceptors (Lipinski definition) is 4. The highest BCUT2D eigenvalue weighted by Gasteiger charge is 2.24. The Hall–Kier alpha value is -1.56. The summed E-state index contributed by atoms with van der Waals surface area (Å²) in [6, 6.07) is 0.0192. The molecule has 0 aliphatic carbocycles. The van der Waals surface area contributed by atoms with E-state index >= 15 is 0 Å². The zero-order chi connectivity index (χ0) is 10.8. The molecule has 2 rings (SSSR count). The lowest BCUT2D eigenvalue weighted by atomic mass is 10.1. The van der Waals surface area contributed by atoms with Gasteiger partial charge in [-0.05, 0) is 19.4 Å². The molecule has 82 valence electrons. The number of carboxylic acids is 1. The highest BCUT2D eigenvalue weighted by atomic mass is 16.4. The number of aromatic hydroxyl groups is 1. The van der Waals surface area contributed by atoms with Gasteiger partial charge in [0.1, 0.15) is 0 Å². The van der Waals surface area contributed by atoms with Crippen LogP contribution in [0.4, 0.5) is 0 Å². The van der Waals surface area contributed by atoms with Crippen molar-refractivity contribution in [3.63, 3.8) is 0 Å². The first-order valence-corrected chi connectivity index (χ1v) is 4.90. The van der Waals surface area contributed by atoms with E-state index in [9.17, 15) is 9.90 Å². The minimum absolute atomic E-state index is 0.0192. The van der Waals surface area contributed by atoms with E-state index in [1.807, 2.05) is 0 Å². The summed E-state index contributed by atoms with van der Waals surface area (Å²) in [4.78, 5) is 10.9. The van der Waals surface area contributed by atoms with Gasteiger partial charge < -0.3 is 15.5 Å². The number of carbonyl (C=O) groups is 1. The first-order chi connectivity index (χ1) is 7.20. The van der Waals surface area contributed by atoms with Crippen molar-refractivity contribution >= 4 is 5.97 Å². The molecule has 1 atom stereocenters. The maximum absolute atomic E-state index is 10.9. The molecule has 2 heterocycles. The lowest BCUT2D eigenvalue weighted by Gasteiger charge is -2.23. The topological polar surface area (TPSA) is 87.4 Å². The molecular formula is C9H13N3O3. The van der Waals surface area contributed by atoms with Crippen LogP contribution in [0.1, 0.15) is 29.4 Å². The number of rotatable bonds is 2. The maximum atomic E-state index is 10.9. The zero-order valence-corrected chi connectivity index (χ0v) is 8.18. The number of aromatic nitrogens is 2. The maximum Gasteiger partial charge on any atom is 0.358 e. The quantitative estimate of drug-likeness (QED) is 0.651. The van der Waals surface area contributed by atoms with Crippen molar-refractivity contribution in [1.82, 2.24) is 15.1 Å². The number of piperidine rings is 1. The molecule has 6 nitrogen and oxygen atoms in total. The SMILES string of the molecule is O=C(O)c1c(O)cnn1C1CCCNC1. The third kappa shape index (κ3) is 1.80. The Morgan fingerprint density at radius 1 is 1.67 bits per heavy atom. The molecule has 0 radical (unpaired) electrons. The third-order valence-electron chi connectivity index (χ3n) is 2.60. The molecule has 1 aliphatic heterocycles. The van der Waals surface area contributed by atoms with E-state index in [0.717, 1.165) is 19.4 Å². The molecule has 1 aromatic rings. The van der Waals surface area contributed by atoms with Gasteiger partial charge in [-0.25, -0.2) is 4.79 Å². The lowest BCUT2D eigenvalue weighted by molar-refractivity contribution is 0.0675. The Morgan fingerprint density at radius 3 is 3.07 bits per heavy atom. The summed E-state index contributed by atoms with van der Waals surface area (Å²) in [6.07, 6.45) is 3.05. The summed E-state index contributed by atoms with van der Waals surface area (Å²) < 4.78 is 1.39. The summed E-state index contributed by atoms with van der Waals surface area (Å²) in [7, 11) is 0. The van der Waals surface area contributed by atoms with Crippen LogP contribution in [0, 0.1) is 0 Å². The summed E-state index contributed by atoms with van der Waals surface area (Å²) in [6.45, 7) is 1.65. The zero-order valence-electron chi connectivity index (χ0n) is 8.18. The monoisotopic (exact) mass is 211 g/mol. The molecule has 3 N–H and O–H groups in total. The molecule has 1 unspecified atom stereocenters. The van der Waals surface area contributed by atoms with Crippen LogP contribution in [-0.2, 0) is 0 Å². The number of hydrogen-bond donors (Lipinski definition) is 3. The third-order valence-corrected chi connectivity index (χ3v) is 2.60. The molecule has 1 aromatic heterocycles. The fourth-order valence-electron chi connectivity index (χ4n) is 1.88. The van der Waals surface area contributed by atoms with E-state index in [1.54, 1.807) is 0 Å². The van der Waals surface area contributed by atoms with Crippen LogP contribution >= 0.6 is 0 Å². The Labute approximate surface area is 86.5 Å². The molecule has 0 spiro atoms. The van der Waals surface area contributed by atoms with Gasteiger partial charge in [-0.3, -0.25) is 4.68 Å². The second kappa shape index (κ2) is 3.90. The summed E-state index contributed by atoms with van der Waals surface area (Å²) >= 11 is 0. The number of carboxylic acid groups (broad SMARTS) is 1. The number of aromatic carboxylic acids is 1. The molecule has 15 heavy (non-hydrogen) atoms. The number of nitrogens with one attached hydrogen (secondary N) is 1. The van der Waals surface area contributed by atoms with Crippen LogP contribution in [-0.4, -0.2) is 39.1 Å². The van der Waals surface area contributed by atoms with Crippen molar-refractivity contribution in [2.24, 2.45) is 0 Å². The van der Waals surface area contributed by atoms with E-state index in [4.69, 9.17) is 5.11 Å². The fraction of sp³-hybridized carbons (Fsp3) is 0.556. The Balaban J connectivity index is 2.30. The predicted molar refractivity (Wildman–Crippen MR) is 52.0 cm³/mol. The molecule has 0 bridgehead atoms. The summed E-state index contributed by atoms with van der Waals surface area (Å²) in [5.74, 6) is -1.41. The number of nitrogens with zero attached hydrogens (tertiary/aromatic N) is 2. The molecule has 0 saturated carbocycles. The van der Waals surface area contributed by atoms with Crippen LogP contribution in [0.3, 0.4) is 0 Å². The van der Waals surface area contributed by atoms with Crippen LogP contribution in [0.25, 0.3) is 0 Å². The van der Waals surface area contributed by atoms with E-state index in [2.05, 4.69) is 10.4 Å². The molecule has 0 aromatic carbocycles. The van der Waals surface area contributed by atoms with Gasteiger partial charge in [-0.1, -0.05) is 0 Å². The van der Waals surface area contributed by atoms with Crippen LogP contribution in [0.5, 0.6) is 5.75 Å². The molecule has 1 aliphatic rings. The van der Waals surface area contributed by atoms with Gasteiger partial charge in [0, 0.05) is 6.54 Å². The smallest absolute Gasteiger partial charge is 0.358 e. The molecule has 6 heteroatoms. The molecule has 1 fully saturated rings. The highest BCUT2D eigenvalue weighted by Crippen LogP contribution is 2.23. The predicted octanol–water partition coefficient (Wildman–Crippen LogP) is 0.211. The first-order valence-electron chi connectivity index (χ1n) is 4.90. The van der Waals surface area contributed by atoms with Crippen LogP contribution in [0.2, 0.25) is 0 Å². The van der Waals surface area contributed by atoms with E-state index in [-0.39, 0.29) is 17.5 Å². The average Bonchev–Trinajstić information content (AvgIpc) is 2.61. The Bertz CT molecular complexity index is 369. The average molecular weight is 211 g/mol. The van der Waals surface area contributed by atoms with E-state index in [1.165, 1.54) is 10.9 Å². The van der Waals surface area contributed by atoms with E-state index < -0.39 is 5.97 Å². The van der Waals surface area contributed by atoms with Crippen molar-refractivity contribution in [1.29, 1.82) is 0 Å². The lowest BCUT2D eigenvalue weighted by Crippen LogP contribution is -2.33. The normalized spacial score (nSPS) is 21.5. The minimum atomic E-state index is -1.14. The van der Waals surface area contributed by atoms with E-state index in [0.29, 0.717) is 6.54 Å². The van der Waals surface area contributed by atoms with Crippen molar-refractivity contribution < 1.29 is 15.0 Å². The molecule has 0 amide bonds. The van der Waals surface area contributed by atoms with Crippen molar-refractivity contribution in [2.45, 2.75) is 18.9 Å². The second-order valence-corrected chi connectivity index (χ2v) is 3.63. The highest BCUT2D eigenvalue weighted by molar-refractivity contribution is 5.88. The minimum Gasteiger partial charge on any atom is -0.504 e. The first kappa shape index (κ1) is 9.97. The van der Waals surface area contributed by atoms with Crippen molar-refractivity contribution in [3.05, 3.63) is 11.9 Å². The summed E-state index contributed by atoms with van der Waals surface area (Å²) in [5.41, 5.74) is -0.122.